The Morgan fingerprint density at radius 3 is 2.74 bits per heavy atom. The normalized spacial score (nSPS) is 10.5. The summed E-state index contributed by atoms with van der Waals surface area (Å²) in [6.45, 7) is 2.14. The highest BCUT2D eigenvalue weighted by atomic mass is 35.5. The van der Waals surface area contributed by atoms with Crippen molar-refractivity contribution in [3.63, 3.8) is 0 Å². The smallest absolute Gasteiger partial charge is 0.220 e. The fraction of sp³-hybridized carbons (Fsp3) is 0.214. The number of halogens is 2. The number of ether oxygens (including phenoxy) is 1. The predicted molar refractivity (Wildman–Crippen MR) is 81.8 cm³/mol. The summed E-state index contributed by atoms with van der Waals surface area (Å²) in [5, 5.41) is 1.81. The highest BCUT2D eigenvalue weighted by Gasteiger charge is 2.07. The fourth-order valence-corrected chi connectivity index (χ4v) is 2.49. The lowest BCUT2D eigenvalue weighted by molar-refractivity contribution is 0.459. The van der Waals surface area contributed by atoms with Crippen LogP contribution in [0, 0.1) is 0 Å². The van der Waals surface area contributed by atoms with Gasteiger partial charge in [-0.2, -0.15) is 0 Å². The Morgan fingerprint density at radius 1 is 1.16 bits per heavy atom. The summed E-state index contributed by atoms with van der Waals surface area (Å²) >= 11 is 13.7. The van der Waals surface area contributed by atoms with Crippen LogP contribution in [0.5, 0.6) is 11.6 Å². The molecule has 0 spiro atoms. The lowest BCUT2D eigenvalue weighted by Gasteiger charge is -2.08. The van der Waals surface area contributed by atoms with Gasteiger partial charge in [0.1, 0.15) is 15.8 Å². The Bertz CT molecular complexity index is 563. The van der Waals surface area contributed by atoms with E-state index in [2.05, 4.69) is 11.9 Å². The Balaban J connectivity index is 2.16. The first-order chi connectivity index (χ1) is 9.20. The van der Waals surface area contributed by atoms with Crippen LogP contribution in [0.15, 0.2) is 41.4 Å². The first kappa shape index (κ1) is 14.5. The Morgan fingerprint density at radius 2 is 1.95 bits per heavy atom. The second-order valence-electron chi connectivity index (χ2n) is 3.82. The third-order valence-corrected chi connectivity index (χ3v) is 4.22. The summed E-state index contributed by atoms with van der Waals surface area (Å²) in [4.78, 5) is 4.42. The van der Waals surface area contributed by atoms with Gasteiger partial charge >= 0.3 is 0 Å². The summed E-state index contributed by atoms with van der Waals surface area (Å²) in [5.74, 6) is 2.07. The molecule has 0 unspecified atom stereocenters. The molecular weight excluding hydrogens is 301 g/mol. The van der Waals surface area contributed by atoms with Crippen molar-refractivity contribution in [3.05, 3.63) is 46.4 Å². The minimum absolute atomic E-state index is 0.401. The van der Waals surface area contributed by atoms with Crippen LogP contribution in [0.3, 0.4) is 0 Å². The highest BCUT2D eigenvalue weighted by molar-refractivity contribution is 7.99. The van der Waals surface area contributed by atoms with Crippen molar-refractivity contribution in [2.75, 3.05) is 5.75 Å². The van der Waals surface area contributed by atoms with E-state index in [4.69, 9.17) is 27.9 Å². The number of hydrogen-bond acceptors (Lipinski definition) is 3. The van der Waals surface area contributed by atoms with Crippen molar-refractivity contribution in [1.82, 2.24) is 4.98 Å². The van der Waals surface area contributed by atoms with Gasteiger partial charge in [-0.3, -0.25) is 0 Å². The zero-order chi connectivity index (χ0) is 13.7. The van der Waals surface area contributed by atoms with Gasteiger partial charge in [-0.05, 0) is 30.4 Å². The number of benzene rings is 1. The number of rotatable bonds is 5. The molecule has 2 nitrogen and oxygen atoms in total. The topological polar surface area (TPSA) is 22.1 Å². The van der Waals surface area contributed by atoms with E-state index in [0.29, 0.717) is 21.7 Å². The fourth-order valence-electron chi connectivity index (χ4n) is 1.42. The zero-order valence-corrected chi connectivity index (χ0v) is 12.7. The third-order valence-electron chi connectivity index (χ3n) is 2.28. The van der Waals surface area contributed by atoms with E-state index in [1.54, 1.807) is 36.0 Å². The van der Waals surface area contributed by atoms with E-state index in [0.717, 1.165) is 17.2 Å². The summed E-state index contributed by atoms with van der Waals surface area (Å²) in [6.07, 6.45) is 1.11. The predicted octanol–water partition coefficient (Wildman–Crippen LogP) is 5.68. The maximum absolute atomic E-state index is 6.08. The quantitative estimate of drug-likeness (QED) is 0.663. The molecule has 0 fully saturated rings. The molecule has 19 heavy (non-hydrogen) atoms. The van der Waals surface area contributed by atoms with E-state index in [1.807, 2.05) is 12.1 Å². The van der Waals surface area contributed by atoms with Crippen molar-refractivity contribution < 1.29 is 4.74 Å². The van der Waals surface area contributed by atoms with Gasteiger partial charge in [0.25, 0.3) is 0 Å². The molecule has 0 N–H and O–H groups in total. The van der Waals surface area contributed by atoms with Crippen LogP contribution < -0.4 is 4.74 Å². The molecule has 0 aliphatic carbocycles. The summed E-state index contributed by atoms with van der Waals surface area (Å²) < 4.78 is 5.67. The van der Waals surface area contributed by atoms with Crippen LogP contribution in [0.25, 0.3) is 0 Å². The molecule has 0 bridgehead atoms. The number of nitrogens with zero attached hydrogens (tertiary/aromatic N) is 1. The highest BCUT2D eigenvalue weighted by Crippen LogP contribution is 2.34. The SMILES string of the molecule is CCCSc1cccc(Oc2cccc(Cl)c2Cl)n1. The van der Waals surface area contributed by atoms with Gasteiger partial charge in [0.05, 0.1) is 5.02 Å². The molecule has 2 rings (SSSR count). The second-order valence-corrected chi connectivity index (χ2v) is 5.72. The summed E-state index contributed by atoms with van der Waals surface area (Å²) in [7, 11) is 0. The summed E-state index contributed by atoms with van der Waals surface area (Å²) in [6, 6.07) is 11.0. The van der Waals surface area contributed by atoms with Crippen molar-refractivity contribution in [1.29, 1.82) is 0 Å². The zero-order valence-electron chi connectivity index (χ0n) is 10.4. The average molecular weight is 314 g/mol. The van der Waals surface area contributed by atoms with Crippen LogP contribution in [0.2, 0.25) is 10.0 Å². The first-order valence-corrected chi connectivity index (χ1v) is 7.66. The number of pyridine rings is 1. The Labute approximate surface area is 127 Å². The molecular formula is C14H13Cl2NOS. The van der Waals surface area contributed by atoms with E-state index < -0.39 is 0 Å². The third kappa shape index (κ3) is 4.03. The van der Waals surface area contributed by atoms with Crippen molar-refractivity contribution in [2.24, 2.45) is 0 Å². The molecule has 2 aromatic rings. The molecule has 0 saturated carbocycles. The minimum atomic E-state index is 0.401. The molecule has 0 saturated heterocycles. The van der Waals surface area contributed by atoms with Gasteiger partial charge in [-0.25, -0.2) is 4.98 Å². The van der Waals surface area contributed by atoms with Gasteiger partial charge in [0.15, 0.2) is 0 Å². The maximum atomic E-state index is 6.08. The van der Waals surface area contributed by atoms with Crippen molar-refractivity contribution in [3.8, 4) is 11.6 Å². The van der Waals surface area contributed by atoms with Crippen LogP contribution in [-0.4, -0.2) is 10.7 Å². The Hall–Kier alpha value is -0.900. The molecule has 0 aliphatic rings. The van der Waals surface area contributed by atoms with Gasteiger partial charge in [-0.15, -0.1) is 11.8 Å². The lowest BCUT2D eigenvalue weighted by Crippen LogP contribution is -1.90. The molecule has 0 amide bonds. The van der Waals surface area contributed by atoms with E-state index in [-0.39, 0.29) is 0 Å². The largest absolute Gasteiger partial charge is 0.437 e. The number of aromatic nitrogens is 1. The molecule has 5 heteroatoms. The maximum Gasteiger partial charge on any atom is 0.220 e. The monoisotopic (exact) mass is 313 g/mol. The van der Waals surface area contributed by atoms with Crippen molar-refractivity contribution >= 4 is 35.0 Å². The second kappa shape index (κ2) is 7.04. The van der Waals surface area contributed by atoms with Crippen LogP contribution in [0.1, 0.15) is 13.3 Å². The molecule has 1 aromatic carbocycles. The van der Waals surface area contributed by atoms with E-state index >= 15 is 0 Å². The molecule has 0 radical (unpaired) electrons. The van der Waals surface area contributed by atoms with Gasteiger partial charge in [0.2, 0.25) is 5.88 Å². The van der Waals surface area contributed by atoms with E-state index in [1.165, 1.54) is 0 Å². The minimum Gasteiger partial charge on any atom is -0.437 e. The molecule has 100 valence electrons. The van der Waals surface area contributed by atoms with Gasteiger partial charge in [-0.1, -0.05) is 42.3 Å². The Kier molecular flexibility index (Phi) is 5.37. The number of hydrogen-bond donors (Lipinski definition) is 0. The van der Waals surface area contributed by atoms with Crippen molar-refractivity contribution in [2.45, 2.75) is 18.4 Å². The molecule has 1 aromatic heterocycles. The first-order valence-electron chi connectivity index (χ1n) is 5.92. The summed E-state index contributed by atoms with van der Waals surface area (Å²) in [5.41, 5.74) is 0. The average Bonchev–Trinajstić information content (AvgIpc) is 2.42. The van der Waals surface area contributed by atoms with Gasteiger partial charge < -0.3 is 4.74 Å². The van der Waals surface area contributed by atoms with Crippen LogP contribution in [0.4, 0.5) is 0 Å². The number of thioether (sulfide) groups is 1. The molecule has 0 aliphatic heterocycles. The molecule has 1 heterocycles. The van der Waals surface area contributed by atoms with Crippen LogP contribution in [-0.2, 0) is 0 Å². The lowest BCUT2D eigenvalue weighted by atomic mass is 10.3. The standard InChI is InChI=1S/C14H13Cl2NOS/c1-2-9-19-13-8-4-7-12(17-13)18-11-6-3-5-10(15)14(11)16/h3-8H,2,9H2,1H3. The van der Waals surface area contributed by atoms with E-state index in [9.17, 15) is 0 Å². The van der Waals surface area contributed by atoms with Gasteiger partial charge in [0, 0.05) is 6.07 Å². The molecule has 0 atom stereocenters. The van der Waals surface area contributed by atoms with Crippen LogP contribution >= 0.6 is 35.0 Å².